The van der Waals surface area contributed by atoms with Crippen LogP contribution < -0.4 is 0 Å². The average Bonchev–Trinajstić information content (AvgIpc) is 3.25. The van der Waals surface area contributed by atoms with Crippen LogP contribution >= 0.6 is 0 Å². The van der Waals surface area contributed by atoms with Gasteiger partial charge in [-0.2, -0.15) is 18.2 Å². The topological polar surface area (TPSA) is 106 Å². The number of alkyl halides is 3. The molecule has 0 spiro atoms. The van der Waals surface area contributed by atoms with Gasteiger partial charge >= 0.3 is 12.2 Å². The molecule has 0 saturated carbocycles. The second kappa shape index (κ2) is 9.53. The van der Waals surface area contributed by atoms with Gasteiger partial charge in [0.25, 0.3) is 0 Å². The molecule has 2 atom stereocenters. The summed E-state index contributed by atoms with van der Waals surface area (Å²) in [7, 11) is -3.37. The van der Waals surface area contributed by atoms with Crippen LogP contribution in [0.4, 0.5) is 18.0 Å². The molecule has 0 bridgehead atoms. The molecular weight excluding hydrogens is 477 g/mol. The van der Waals surface area contributed by atoms with E-state index in [1.807, 2.05) is 0 Å². The van der Waals surface area contributed by atoms with Gasteiger partial charge in [0.2, 0.25) is 5.89 Å². The predicted octanol–water partition coefficient (Wildman–Crippen LogP) is 2.66. The minimum atomic E-state index is -4.44. The zero-order valence-corrected chi connectivity index (χ0v) is 19.3. The lowest BCUT2D eigenvalue weighted by atomic mass is 9.84. The van der Waals surface area contributed by atoms with Crippen molar-refractivity contribution in [2.24, 2.45) is 0 Å². The van der Waals surface area contributed by atoms with Crippen LogP contribution in [0.15, 0.2) is 28.8 Å². The summed E-state index contributed by atoms with van der Waals surface area (Å²) >= 11 is 0. The van der Waals surface area contributed by atoms with Crippen LogP contribution in [-0.2, 0) is 26.5 Å². The number of urea groups is 1. The number of halogens is 3. The lowest BCUT2D eigenvalue weighted by Gasteiger charge is -2.40. The Morgan fingerprint density at radius 3 is 2.35 bits per heavy atom. The molecule has 2 aliphatic heterocycles. The molecule has 9 nitrogen and oxygen atoms in total. The zero-order chi connectivity index (χ0) is 24.5. The van der Waals surface area contributed by atoms with Gasteiger partial charge in [-0.25, -0.2) is 13.2 Å². The largest absolute Gasteiger partial charge is 0.416 e. The maximum absolute atomic E-state index is 13.2. The smallest absolute Gasteiger partial charge is 0.378 e. The van der Waals surface area contributed by atoms with E-state index in [0.717, 1.165) is 18.4 Å². The molecule has 2 saturated heterocycles. The number of likely N-dealkylation sites (tertiary alicyclic amines) is 1. The summed E-state index contributed by atoms with van der Waals surface area (Å²) in [6, 6.07) is 4.74. The van der Waals surface area contributed by atoms with Crippen molar-refractivity contribution in [1.29, 1.82) is 0 Å². The number of piperidine rings is 1. The monoisotopic (exact) mass is 502 g/mol. The lowest BCUT2D eigenvalue weighted by Crippen LogP contribution is -2.52. The molecule has 2 unspecified atom stereocenters. The first-order valence-corrected chi connectivity index (χ1v) is 12.8. The fourth-order valence-corrected chi connectivity index (χ4v) is 4.87. The predicted molar refractivity (Wildman–Crippen MR) is 114 cm³/mol. The van der Waals surface area contributed by atoms with Gasteiger partial charge in [-0.1, -0.05) is 17.3 Å². The van der Waals surface area contributed by atoms with E-state index in [-0.39, 0.29) is 36.1 Å². The van der Waals surface area contributed by atoms with E-state index in [1.165, 1.54) is 12.1 Å². The minimum Gasteiger partial charge on any atom is -0.378 e. The quantitative estimate of drug-likeness (QED) is 0.633. The number of ether oxygens (including phenoxy) is 1. The van der Waals surface area contributed by atoms with Crippen molar-refractivity contribution in [3.05, 3.63) is 47.1 Å². The van der Waals surface area contributed by atoms with E-state index < -0.39 is 27.3 Å². The van der Waals surface area contributed by atoms with Gasteiger partial charge in [-0.15, -0.1) is 0 Å². The summed E-state index contributed by atoms with van der Waals surface area (Å²) in [5.74, 6) is -0.799. The maximum Gasteiger partial charge on any atom is 0.416 e. The number of carbonyl (C=O) groups excluding carboxylic acids is 1. The fraction of sp³-hybridized carbons (Fsp3) is 0.571. The molecule has 4 rings (SSSR count). The van der Waals surface area contributed by atoms with Crippen LogP contribution in [0, 0.1) is 0 Å². The number of benzene rings is 1. The number of rotatable bonds is 4. The average molecular weight is 503 g/mol. The van der Waals surface area contributed by atoms with Crippen LogP contribution in [0.3, 0.4) is 0 Å². The number of carbonyl (C=O) groups is 1. The summed E-state index contributed by atoms with van der Waals surface area (Å²) < 4.78 is 72.5. The second-order valence-corrected chi connectivity index (χ2v) is 10.8. The third kappa shape index (κ3) is 5.87. The van der Waals surface area contributed by atoms with Crippen molar-refractivity contribution in [3.63, 3.8) is 0 Å². The van der Waals surface area contributed by atoms with Crippen molar-refractivity contribution in [3.8, 4) is 0 Å². The third-order valence-corrected chi connectivity index (χ3v) is 6.72. The van der Waals surface area contributed by atoms with Crippen molar-refractivity contribution in [2.75, 3.05) is 45.6 Å². The number of amides is 2. The van der Waals surface area contributed by atoms with E-state index in [9.17, 15) is 26.4 Å². The Morgan fingerprint density at radius 2 is 1.74 bits per heavy atom. The molecule has 34 heavy (non-hydrogen) atoms. The van der Waals surface area contributed by atoms with Gasteiger partial charge in [-0.05, 0) is 24.1 Å². The number of hydrogen-bond donors (Lipinski definition) is 0. The highest BCUT2D eigenvalue weighted by Gasteiger charge is 2.37. The molecule has 0 radical (unpaired) electrons. The van der Waals surface area contributed by atoms with Gasteiger partial charge in [0.1, 0.15) is 5.75 Å². The van der Waals surface area contributed by atoms with Crippen LogP contribution in [0.25, 0.3) is 0 Å². The molecule has 0 aliphatic carbocycles. The normalized spacial score (nSPS) is 22.1. The summed E-state index contributed by atoms with van der Waals surface area (Å²) in [5, 5.41) is 3.93. The first kappa shape index (κ1) is 24.5. The number of morpholine rings is 1. The standard InChI is InChI=1S/C21H25F3N4O5S/c1-34(30,31)13-18-25-19(26-33-18)16-10-15(14-2-4-17(5-3-14)21(22,23)24)11-28(12-16)20(29)27-6-8-32-9-7-27/h2-5,15-16H,6-13H2,1H3. The van der Waals surface area contributed by atoms with Crippen molar-refractivity contribution in [2.45, 2.75) is 30.2 Å². The number of hydrogen-bond acceptors (Lipinski definition) is 7. The number of aromatic nitrogens is 2. The van der Waals surface area contributed by atoms with Crippen LogP contribution in [-0.4, -0.2) is 80.0 Å². The SMILES string of the molecule is CS(=O)(=O)Cc1nc(C2CC(c3ccc(C(F)(F)F)cc3)CN(C(=O)N3CCOCC3)C2)no1. The van der Waals surface area contributed by atoms with E-state index in [4.69, 9.17) is 9.26 Å². The lowest BCUT2D eigenvalue weighted by molar-refractivity contribution is -0.137. The number of nitrogens with zero attached hydrogens (tertiary/aromatic N) is 4. The highest BCUT2D eigenvalue weighted by molar-refractivity contribution is 7.89. The van der Waals surface area contributed by atoms with Gasteiger partial charge in [0.05, 0.1) is 18.8 Å². The summed E-state index contributed by atoms with van der Waals surface area (Å²) in [5.41, 5.74) is -0.0780. The highest BCUT2D eigenvalue weighted by Crippen LogP contribution is 2.37. The van der Waals surface area contributed by atoms with Crippen molar-refractivity contribution < 1.29 is 35.6 Å². The maximum atomic E-state index is 13.2. The molecule has 13 heteroatoms. The molecule has 1 aromatic carbocycles. The van der Waals surface area contributed by atoms with E-state index in [0.29, 0.717) is 44.8 Å². The van der Waals surface area contributed by atoms with E-state index >= 15 is 0 Å². The van der Waals surface area contributed by atoms with E-state index in [2.05, 4.69) is 10.1 Å². The molecule has 2 aliphatic rings. The van der Waals surface area contributed by atoms with Crippen LogP contribution in [0.2, 0.25) is 0 Å². The fourth-order valence-electron chi connectivity index (χ4n) is 4.30. The molecule has 2 aromatic rings. The van der Waals surface area contributed by atoms with Gasteiger partial charge in [0.15, 0.2) is 15.7 Å². The van der Waals surface area contributed by atoms with Crippen LogP contribution in [0.1, 0.15) is 41.1 Å². The Bertz CT molecular complexity index is 1110. The summed E-state index contributed by atoms with van der Waals surface area (Å²) in [6.45, 7) is 2.38. The van der Waals surface area contributed by atoms with Gasteiger partial charge < -0.3 is 19.1 Å². The number of sulfone groups is 1. The second-order valence-electron chi connectivity index (χ2n) is 8.65. The summed E-state index contributed by atoms with van der Waals surface area (Å²) in [6.07, 6.45) is -2.91. The third-order valence-electron chi connectivity index (χ3n) is 5.95. The molecule has 3 heterocycles. The molecular formula is C21H25F3N4O5S. The first-order valence-electron chi connectivity index (χ1n) is 10.8. The van der Waals surface area contributed by atoms with Gasteiger partial charge in [0, 0.05) is 44.3 Å². The van der Waals surface area contributed by atoms with E-state index in [1.54, 1.807) is 9.80 Å². The Labute approximate surface area is 194 Å². The highest BCUT2D eigenvalue weighted by atomic mass is 32.2. The molecule has 2 fully saturated rings. The van der Waals surface area contributed by atoms with Crippen molar-refractivity contribution in [1.82, 2.24) is 19.9 Å². The van der Waals surface area contributed by atoms with Crippen molar-refractivity contribution >= 4 is 15.9 Å². The Kier molecular flexibility index (Phi) is 6.85. The Hall–Kier alpha value is -2.67. The summed E-state index contributed by atoms with van der Waals surface area (Å²) in [4.78, 5) is 20.7. The Morgan fingerprint density at radius 1 is 1.09 bits per heavy atom. The van der Waals surface area contributed by atoms with Gasteiger partial charge in [-0.3, -0.25) is 0 Å². The molecule has 2 amide bonds. The first-order chi connectivity index (χ1) is 16.0. The zero-order valence-electron chi connectivity index (χ0n) is 18.5. The molecule has 1 aromatic heterocycles. The molecule has 0 N–H and O–H groups in total. The molecule has 186 valence electrons. The van der Waals surface area contributed by atoms with Crippen LogP contribution in [0.5, 0.6) is 0 Å². The Balaban J connectivity index is 1.59. The minimum absolute atomic E-state index is 0.0415.